The number of piperazine rings is 1. The summed E-state index contributed by atoms with van der Waals surface area (Å²) >= 11 is 0. The fourth-order valence-corrected chi connectivity index (χ4v) is 3.40. The van der Waals surface area contributed by atoms with Gasteiger partial charge in [0.2, 0.25) is 17.7 Å². The van der Waals surface area contributed by atoms with Crippen molar-refractivity contribution < 1.29 is 14.4 Å². The molecule has 1 aromatic rings. The van der Waals surface area contributed by atoms with Gasteiger partial charge in [-0.1, -0.05) is 43.7 Å². The molecule has 1 N–H and O–H groups in total. The SMILES string of the molecule is CC(=O)N1CCN(C(=O)CCNC(=O)CCC(C)(C)c2ccc(C)cc2)CC1. The van der Waals surface area contributed by atoms with Gasteiger partial charge in [-0.3, -0.25) is 14.4 Å². The molecule has 6 heteroatoms. The number of benzene rings is 1. The molecule has 1 fully saturated rings. The van der Waals surface area contributed by atoms with Crippen molar-refractivity contribution in [1.82, 2.24) is 15.1 Å². The van der Waals surface area contributed by atoms with Crippen LogP contribution in [0.3, 0.4) is 0 Å². The van der Waals surface area contributed by atoms with Gasteiger partial charge in [-0.25, -0.2) is 0 Å². The van der Waals surface area contributed by atoms with E-state index in [0.29, 0.717) is 45.6 Å². The van der Waals surface area contributed by atoms with E-state index in [1.54, 1.807) is 16.7 Å². The molecule has 6 nitrogen and oxygen atoms in total. The molecule has 2 rings (SSSR count). The maximum Gasteiger partial charge on any atom is 0.224 e. The van der Waals surface area contributed by atoms with Crippen LogP contribution in [0.2, 0.25) is 0 Å². The highest BCUT2D eigenvalue weighted by Crippen LogP contribution is 2.28. The third-order valence-electron chi connectivity index (χ3n) is 5.55. The van der Waals surface area contributed by atoms with E-state index in [1.807, 2.05) is 0 Å². The first kappa shape index (κ1) is 21.9. The molecule has 0 aromatic heterocycles. The average Bonchev–Trinajstić information content (AvgIpc) is 2.67. The van der Waals surface area contributed by atoms with Gasteiger partial charge in [0.1, 0.15) is 0 Å². The molecule has 0 atom stereocenters. The standard InChI is InChI=1S/C22H33N3O3/c1-17-5-7-19(8-6-17)22(3,4)11-9-20(27)23-12-10-21(28)25-15-13-24(14-16-25)18(2)26/h5-8H,9-16H2,1-4H3,(H,23,27). The summed E-state index contributed by atoms with van der Waals surface area (Å²) in [5, 5.41) is 2.86. The van der Waals surface area contributed by atoms with Crippen LogP contribution in [-0.2, 0) is 19.8 Å². The van der Waals surface area contributed by atoms with Crippen molar-refractivity contribution in [2.24, 2.45) is 0 Å². The number of amides is 3. The zero-order valence-electron chi connectivity index (χ0n) is 17.6. The van der Waals surface area contributed by atoms with E-state index in [4.69, 9.17) is 0 Å². The van der Waals surface area contributed by atoms with Crippen molar-refractivity contribution >= 4 is 17.7 Å². The highest BCUT2D eigenvalue weighted by atomic mass is 16.2. The highest BCUT2D eigenvalue weighted by molar-refractivity contribution is 5.79. The van der Waals surface area contributed by atoms with Crippen molar-refractivity contribution in [3.63, 3.8) is 0 Å². The molecule has 1 aromatic carbocycles. The Balaban J connectivity index is 1.68. The number of nitrogens with one attached hydrogen (secondary N) is 1. The number of carbonyl (C=O) groups is 3. The Morgan fingerprint density at radius 2 is 1.54 bits per heavy atom. The number of hydrogen-bond acceptors (Lipinski definition) is 3. The Morgan fingerprint density at radius 1 is 0.964 bits per heavy atom. The summed E-state index contributed by atoms with van der Waals surface area (Å²) in [6.07, 6.45) is 1.49. The summed E-state index contributed by atoms with van der Waals surface area (Å²) in [4.78, 5) is 39.3. The van der Waals surface area contributed by atoms with E-state index in [-0.39, 0.29) is 23.1 Å². The number of rotatable bonds is 7. The van der Waals surface area contributed by atoms with E-state index in [0.717, 1.165) is 6.42 Å². The Bertz CT molecular complexity index is 689. The molecular formula is C22H33N3O3. The minimum atomic E-state index is -0.0722. The van der Waals surface area contributed by atoms with Crippen LogP contribution in [0.1, 0.15) is 51.2 Å². The number of aryl methyl sites for hydroxylation is 1. The second-order valence-electron chi connectivity index (χ2n) is 8.24. The molecule has 0 saturated carbocycles. The molecule has 0 unspecified atom stereocenters. The van der Waals surface area contributed by atoms with Gasteiger partial charge >= 0.3 is 0 Å². The smallest absolute Gasteiger partial charge is 0.224 e. The molecule has 0 radical (unpaired) electrons. The molecule has 0 spiro atoms. The lowest BCUT2D eigenvalue weighted by Gasteiger charge is -2.34. The molecule has 3 amide bonds. The maximum atomic E-state index is 12.3. The minimum absolute atomic E-state index is 0.0191. The molecule has 0 aliphatic carbocycles. The number of hydrogen-bond donors (Lipinski definition) is 1. The first-order valence-corrected chi connectivity index (χ1v) is 10.1. The molecule has 154 valence electrons. The lowest BCUT2D eigenvalue weighted by atomic mass is 9.80. The van der Waals surface area contributed by atoms with Crippen LogP contribution in [0.15, 0.2) is 24.3 Å². The largest absolute Gasteiger partial charge is 0.356 e. The minimum Gasteiger partial charge on any atom is -0.356 e. The van der Waals surface area contributed by atoms with Gasteiger partial charge in [0.05, 0.1) is 0 Å². The first-order valence-electron chi connectivity index (χ1n) is 10.1. The van der Waals surface area contributed by atoms with Gasteiger partial charge in [-0.2, -0.15) is 0 Å². The summed E-state index contributed by atoms with van der Waals surface area (Å²) in [7, 11) is 0. The maximum absolute atomic E-state index is 12.3. The van der Waals surface area contributed by atoms with Crippen molar-refractivity contribution in [1.29, 1.82) is 0 Å². The molecular weight excluding hydrogens is 354 g/mol. The fraction of sp³-hybridized carbons (Fsp3) is 0.591. The van der Waals surface area contributed by atoms with Gasteiger partial charge in [0.15, 0.2) is 0 Å². The average molecular weight is 388 g/mol. The highest BCUT2D eigenvalue weighted by Gasteiger charge is 2.23. The van der Waals surface area contributed by atoms with E-state index in [2.05, 4.69) is 50.4 Å². The van der Waals surface area contributed by atoms with Crippen molar-refractivity contribution in [2.75, 3.05) is 32.7 Å². The lowest BCUT2D eigenvalue weighted by Crippen LogP contribution is -2.50. The molecule has 1 aliphatic heterocycles. The Kier molecular flexibility index (Phi) is 7.61. The molecule has 28 heavy (non-hydrogen) atoms. The van der Waals surface area contributed by atoms with E-state index in [1.165, 1.54) is 11.1 Å². The van der Waals surface area contributed by atoms with Crippen molar-refractivity contribution in [3.8, 4) is 0 Å². The molecule has 1 saturated heterocycles. The summed E-state index contributed by atoms with van der Waals surface area (Å²) in [5.41, 5.74) is 2.38. The zero-order chi connectivity index (χ0) is 20.7. The summed E-state index contributed by atoms with van der Waals surface area (Å²) in [6.45, 7) is 10.6. The van der Waals surface area contributed by atoms with Crippen LogP contribution in [0.25, 0.3) is 0 Å². The third-order valence-corrected chi connectivity index (χ3v) is 5.55. The van der Waals surface area contributed by atoms with Crippen molar-refractivity contribution in [2.45, 2.75) is 52.4 Å². The van der Waals surface area contributed by atoms with Gasteiger partial charge in [0, 0.05) is 52.5 Å². The third kappa shape index (κ3) is 6.36. The van der Waals surface area contributed by atoms with Crippen LogP contribution < -0.4 is 5.32 Å². The summed E-state index contributed by atoms with van der Waals surface area (Å²) in [6, 6.07) is 8.44. The number of carbonyl (C=O) groups excluding carboxylic acids is 3. The van der Waals surface area contributed by atoms with E-state index in [9.17, 15) is 14.4 Å². The topological polar surface area (TPSA) is 69.7 Å². The van der Waals surface area contributed by atoms with Crippen LogP contribution in [0.5, 0.6) is 0 Å². The van der Waals surface area contributed by atoms with Gasteiger partial charge in [-0.05, 0) is 24.3 Å². The Hall–Kier alpha value is -2.37. The Labute approximate surface area is 168 Å². The monoisotopic (exact) mass is 387 g/mol. The van der Waals surface area contributed by atoms with Crippen LogP contribution >= 0.6 is 0 Å². The normalized spacial score (nSPS) is 14.7. The van der Waals surface area contributed by atoms with Gasteiger partial charge in [0.25, 0.3) is 0 Å². The van der Waals surface area contributed by atoms with Crippen LogP contribution in [-0.4, -0.2) is 60.2 Å². The Morgan fingerprint density at radius 3 is 2.11 bits per heavy atom. The predicted molar refractivity (Wildman–Crippen MR) is 110 cm³/mol. The van der Waals surface area contributed by atoms with Crippen LogP contribution in [0, 0.1) is 6.92 Å². The van der Waals surface area contributed by atoms with Crippen molar-refractivity contribution in [3.05, 3.63) is 35.4 Å². The summed E-state index contributed by atoms with van der Waals surface area (Å²) < 4.78 is 0. The predicted octanol–water partition coefficient (Wildman–Crippen LogP) is 2.25. The lowest BCUT2D eigenvalue weighted by molar-refractivity contribution is -0.138. The second-order valence-corrected chi connectivity index (χ2v) is 8.24. The van der Waals surface area contributed by atoms with Gasteiger partial charge < -0.3 is 15.1 Å². The number of nitrogens with zero attached hydrogens (tertiary/aromatic N) is 2. The molecule has 1 heterocycles. The first-order chi connectivity index (χ1) is 13.2. The van der Waals surface area contributed by atoms with E-state index < -0.39 is 0 Å². The molecule has 0 bridgehead atoms. The quantitative estimate of drug-likeness (QED) is 0.780. The fourth-order valence-electron chi connectivity index (χ4n) is 3.40. The summed E-state index contributed by atoms with van der Waals surface area (Å²) in [5.74, 6) is 0.0609. The van der Waals surface area contributed by atoms with E-state index >= 15 is 0 Å². The van der Waals surface area contributed by atoms with Crippen LogP contribution in [0.4, 0.5) is 0 Å². The second kappa shape index (κ2) is 9.71. The van der Waals surface area contributed by atoms with Gasteiger partial charge in [-0.15, -0.1) is 0 Å². The zero-order valence-corrected chi connectivity index (χ0v) is 17.6. The molecule has 1 aliphatic rings.